The van der Waals surface area contributed by atoms with Gasteiger partial charge in [0.2, 0.25) is 0 Å². The second kappa shape index (κ2) is 5.25. The lowest BCUT2D eigenvalue weighted by Crippen LogP contribution is -1.99. The lowest BCUT2D eigenvalue weighted by molar-refractivity contribution is 0.223. The van der Waals surface area contributed by atoms with Crippen LogP contribution in [0.5, 0.6) is 5.75 Å². The summed E-state index contributed by atoms with van der Waals surface area (Å²) < 4.78 is 9.17. The van der Waals surface area contributed by atoms with Gasteiger partial charge in [0.15, 0.2) is 0 Å². The number of benzene rings is 1. The van der Waals surface area contributed by atoms with Crippen molar-refractivity contribution in [1.29, 1.82) is 0 Å². The SMILES string of the molecule is CCOc1ccc(C(O)c2snnc2C)cc1. The van der Waals surface area contributed by atoms with Crippen molar-refractivity contribution in [2.45, 2.75) is 20.0 Å². The Balaban J connectivity index is 2.20. The predicted octanol–water partition coefficient (Wildman–Crippen LogP) is 2.33. The van der Waals surface area contributed by atoms with Crippen molar-refractivity contribution in [3.05, 3.63) is 40.4 Å². The molecule has 4 nitrogen and oxygen atoms in total. The Hall–Kier alpha value is -1.46. The highest BCUT2D eigenvalue weighted by Crippen LogP contribution is 2.27. The van der Waals surface area contributed by atoms with Crippen molar-refractivity contribution in [2.75, 3.05) is 6.61 Å². The molecule has 1 aromatic carbocycles. The second-order valence-corrected chi connectivity index (χ2v) is 4.41. The molecule has 5 heteroatoms. The fourth-order valence-electron chi connectivity index (χ4n) is 1.55. The molecule has 0 saturated carbocycles. The van der Waals surface area contributed by atoms with E-state index >= 15 is 0 Å². The monoisotopic (exact) mass is 250 g/mol. The Morgan fingerprint density at radius 2 is 2.06 bits per heavy atom. The maximum Gasteiger partial charge on any atom is 0.119 e. The van der Waals surface area contributed by atoms with Crippen LogP contribution in [-0.4, -0.2) is 21.3 Å². The van der Waals surface area contributed by atoms with Gasteiger partial charge in [-0.15, -0.1) is 5.10 Å². The van der Waals surface area contributed by atoms with Crippen LogP contribution in [-0.2, 0) is 0 Å². The molecular formula is C12H14N2O2S. The highest BCUT2D eigenvalue weighted by Gasteiger charge is 2.16. The topological polar surface area (TPSA) is 55.2 Å². The highest BCUT2D eigenvalue weighted by molar-refractivity contribution is 7.05. The third kappa shape index (κ3) is 2.62. The van der Waals surface area contributed by atoms with Crippen molar-refractivity contribution in [2.24, 2.45) is 0 Å². The molecule has 0 saturated heterocycles. The smallest absolute Gasteiger partial charge is 0.119 e. The standard InChI is InChI=1S/C12H14N2O2S/c1-3-16-10-6-4-9(5-7-10)11(15)12-8(2)13-14-17-12/h4-7,11,15H,3H2,1-2H3. The van der Waals surface area contributed by atoms with Crippen molar-refractivity contribution in [3.63, 3.8) is 0 Å². The number of rotatable bonds is 4. The Bertz CT molecular complexity index is 482. The van der Waals surface area contributed by atoms with Crippen LogP contribution >= 0.6 is 11.5 Å². The summed E-state index contributed by atoms with van der Waals surface area (Å²) in [4.78, 5) is 0.786. The number of aryl methyl sites for hydroxylation is 1. The van der Waals surface area contributed by atoms with Crippen molar-refractivity contribution in [3.8, 4) is 5.75 Å². The Labute approximate surface area is 104 Å². The van der Waals surface area contributed by atoms with Gasteiger partial charge in [0, 0.05) is 0 Å². The summed E-state index contributed by atoms with van der Waals surface area (Å²) >= 11 is 1.22. The van der Waals surface area contributed by atoms with E-state index in [9.17, 15) is 5.11 Å². The minimum absolute atomic E-state index is 0.639. The van der Waals surface area contributed by atoms with Crippen LogP contribution in [0.3, 0.4) is 0 Å². The molecular weight excluding hydrogens is 236 g/mol. The molecule has 2 rings (SSSR count). The van der Waals surface area contributed by atoms with Crippen LogP contribution in [0.4, 0.5) is 0 Å². The van der Waals surface area contributed by atoms with Gasteiger partial charge in [0.25, 0.3) is 0 Å². The van der Waals surface area contributed by atoms with Gasteiger partial charge in [0.1, 0.15) is 11.9 Å². The normalized spacial score (nSPS) is 12.4. The summed E-state index contributed by atoms with van der Waals surface area (Å²) in [5.74, 6) is 0.808. The summed E-state index contributed by atoms with van der Waals surface area (Å²) in [5.41, 5.74) is 1.60. The first-order chi connectivity index (χ1) is 8.22. The summed E-state index contributed by atoms with van der Waals surface area (Å²) in [6.45, 7) is 4.42. The van der Waals surface area contributed by atoms with Crippen LogP contribution in [0.1, 0.15) is 29.2 Å². The minimum Gasteiger partial charge on any atom is -0.494 e. The molecule has 0 bridgehead atoms. The third-order valence-electron chi connectivity index (χ3n) is 2.44. The Morgan fingerprint density at radius 3 is 2.59 bits per heavy atom. The molecule has 0 spiro atoms. The van der Waals surface area contributed by atoms with Gasteiger partial charge in [-0.2, -0.15) is 0 Å². The van der Waals surface area contributed by atoms with Gasteiger partial charge >= 0.3 is 0 Å². The fourth-order valence-corrected chi connectivity index (χ4v) is 2.21. The Morgan fingerprint density at radius 1 is 1.35 bits per heavy atom. The van der Waals surface area contributed by atoms with Gasteiger partial charge in [-0.25, -0.2) is 0 Å². The zero-order valence-corrected chi connectivity index (χ0v) is 10.6. The first-order valence-corrected chi connectivity index (χ1v) is 6.19. The molecule has 1 atom stereocenters. The molecule has 1 N–H and O–H groups in total. The summed E-state index contributed by atoms with van der Waals surface area (Å²) in [5, 5.41) is 14.1. The van der Waals surface area contributed by atoms with Gasteiger partial charge < -0.3 is 9.84 Å². The third-order valence-corrected chi connectivity index (χ3v) is 3.32. The fraction of sp³-hybridized carbons (Fsp3) is 0.333. The van der Waals surface area contributed by atoms with E-state index in [0.717, 1.165) is 21.9 Å². The number of aliphatic hydroxyl groups excluding tert-OH is 1. The molecule has 0 amide bonds. The number of nitrogens with zero attached hydrogens (tertiary/aromatic N) is 2. The van der Waals surface area contributed by atoms with E-state index in [0.29, 0.717) is 6.61 Å². The molecule has 0 fully saturated rings. The largest absolute Gasteiger partial charge is 0.494 e. The zero-order chi connectivity index (χ0) is 12.3. The molecule has 0 aliphatic carbocycles. The number of aromatic nitrogens is 2. The minimum atomic E-state index is -0.661. The van der Waals surface area contributed by atoms with E-state index < -0.39 is 6.10 Å². The number of hydrogen-bond acceptors (Lipinski definition) is 5. The first-order valence-electron chi connectivity index (χ1n) is 5.42. The lowest BCUT2D eigenvalue weighted by atomic mass is 10.1. The maximum atomic E-state index is 10.2. The second-order valence-electron chi connectivity index (χ2n) is 3.63. The molecule has 0 aliphatic rings. The lowest BCUT2D eigenvalue weighted by Gasteiger charge is -2.10. The van der Waals surface area contributed by atoms with Gasteiger partial charge in [-0.1, -0.05) is 16.6 Å². The van der Waals surface area contributed by atoms with E-state index in [1.807, 2.05) is 38.1 Å². The van der Waals surface area contributed by atoms with E-state index in [1.54, 1.807) is 0 Å². The average molecular weight is 250 g/mol. The number of ether oxygens (including phenoxy) is 1. The summed E-state index contributed by atoms with van der Waals surface area (Å²) in [6.07, 6.45) is -0.661. The molecule has 1 aromatic heterocycles. The summed E-state index contributed by atoms with van der Waals surface area (Å²) in [6, 6.07) is 7.42. The van der Waals surface area contributed by atoms with Gasteiger partial charge in [-0.05, 0) is 43.1 Å². The number of aliphatic hydroxyl groups is 1. The van der Waals surface area contributed by atoms with Crippen LogP contribution in [0.25, 0.3) is 0 Å². The summed E-state index contributed by atoms with van der Waals surface area (Å²) in [7, 11) is 0. The van der Waals surface area contributed by atoms with Crippen LogP contribution in [0.2, 0.25) is 0 Å². The van der Waals surface area contributed by atoms with E-state index in [2.05, 4.69) is 9.59 Å². The van der Waals surface area contributed by atoms with Gasteiger partial charge in [-0.3, -0.25) is 0 Å². The molecule has 1 heterocycles. The molecule has 90 valence electrons. The first kappa shape index (κ1) is 12.0. The van der Waals surface area contributed by atoms with E-state index in [1.165, 1.54) is 11.5 Å². The van der Waals surface area contributed by atoms with Crippen molar-refractivity contribution < 1.29 is 9.84 Å². The highest BCUT2D eigenvalue weighted by atomic mass is 32.1. The average Bonchev–Trinajstić information content (AvgIpc) is 2.76. The van der Waals surface area contributed by atoms with Crippen LogP contribution in [0, 0.1) is 6.92 Å². The predicted molar refractivity (Wildman–Crippen MR) is 66.3 cm³/mol. The maximum absolute atomic E-state index is 10.2. The van der Waals surface area contributed by atoms with Crippen molar-refractivity contribution in [1.82, 2.24) is 9.59 Å². The molecule has 0 aliphatic heterocycles. The molecule has 0 radical (unpaired) electrons. The van der Waals surface area contributed by atoms with Crippen molar-refractivity contribution >= 4 is 11.5 Å². The molecule has 17 heavy (non-hydrogen) atoms. The Kier molecular flexibility index (Phi) is 3.71. The zero-order valence-electron chi connectivity index (χ0n) is 9.75. The van der Waals surface area contributed by atoms with Gasteiger partial charge in [0.05, 0.1) is 17.2 Å². The molecule has 2 aromatic rings. The number of hydrogen-bond donors (Lipinski definition) is 1. The van der Waals surface area contributed by atoms with Crippen LogP contribution < -0.4 is 4.74 Å². The van der Waals surface area contributed by atoms with E-state index in [4.69, 9.17) is 4.74 Å². The molecule has 1 unspecified atom stereocenters. The quantitative estimate of drug-likeness (QED) is 0.904. The van der Waals surface area contributed by atoms with Crippen LogP contribution in [0.15, 0.2) is 24.3 Å². The van der Waals surface area contributed by atoms with E-state index in [-0.39, 0.29) is 0 Å².